The lowest BCUT2D eigenvalue weighted by Gasteiger charge is -2.27. The van der Waals surface area contributed by atoms with Crippen molar-refractivity contribution >= 4 is 39.0 Å². The van der Waals surface area contributed by atoms with Gasteiger partial charge in [0.25, 0.3) is 5.91 Å². The fourth-order valence-corrected chi connectivity index (χ4v) is 4.61. The Balaban J connectivity index is 1.67. The van der Waals surface area contributed by atoms with E-state index in [1.807, 2.05) is 0 Å². The molecule has 5 N–H and O–H groups in total. The highest BCUT2D eigenvalue weighted by molar-refractivity contribution is 7.20. The maximum Gasteiger partial charge on any atom is 0.259 e. The number of amides is 1. The van der Waals surface area contributed by atoms with Crippen molar-refractivity contribution < 1.29 is 13.9 Å². The first-order chi connectivity index (χ1) is 13.9. The molecule has 1 fully saturated rings. The predicted molar refractivity (Wildman–Crippen MR) is 111 cm³/mol. The van der Waals surface area contributed by atoms with Crippen LogP contribution in [-0.2, 0) is 0 Å². The molecule has 0 aliphatic heterocycles. The standard InChI is InChI=1S/C20H22FN5O2S/c1-10-16-19(24-9-25-20(16)29-17(10)18(23)27)26-14-7-2-11(21)8-15(14)28-13-5-3-12(22)4-6-13/h2,7-9,12-13H,3-6,22H2,1H3,(H2,23,27)(H,24,25,26). The Morgan fingerprint density at radius 1 is 1.28 bits per heavy atom. The minimum Gasteiger partial charge on any atom is -0.488 e. The molecule has 9 heteroatoms. The molecule has 0 atom stereocenters. The van der Waals surface area contributed by atoms with Crippen LogP contribution in [0, 0.1) is 12.7 Å². The zero-order chi connectivity index (χ0) is 20.5. The lowest BCUT2D eigenvalue weighted by molar-refractivity contribution is 0.100. The van der Waals surface area contributed by atoms with E-state index in [0.717, 1.165) is 25.7 Å². The van der Waals surface area contributed by atoms with Gasteiger partial charge >= 0.3 is 0 Å². The van der Waals surface area contributed by atoms with E-state index in [-0.39, 0.29) is 18.0 Å². The number of hydrogen-bond acceptors (Lipinski definition) is 7. The van der Waals surface area contributed by atoms with Gasteiger partial charge in [-0.25, -0.2) is 14.4 Å². The number of ether oxygens (including phenoxy) is 1. The van der Waals surface area contributed by atoms with Crippen molar-refractivity contribution in [2.45, 2.75) is 44.8 Å². The smallest absolute Gasteiger partial charge is 0.259 e. The number of carbonyl (C=O) groups is 1. The van der Waals surface area contributed by atoms with Gasteiger partial charge in [-0.05, 0) is 50.3 Å². The summed E-state index contributed by atoms with van der Waals surface area (Å²) in [6, 6.07) is 4.55. The topological polar surface area (TPSA) is 116 Å². The third-order valence-corrected chi connectivity index (χ3v) is 6.37. The van der Waals surface area contributed by atoms with Crippen LogP contribution in [0.5, 0.6) is 5.75 Å². The van der Waals surface area contributed by atoms with Crippen LogP contribution in [0.3, 0.4) is 0 Å². The van der Waals surface area contributed by atoms with Crippen LogP contribution in [0.15, 0.2) is 24.5 Å². The largest absolute Gasteiger partial charge is 0.488 e. The molecule has 7 nitrogen and oxygen atoms in total. The number of anilines is 2. The predicted octanol–water partition coefficient (Wildman–Crippen LogP) is 3.63. The van der Waals surface area contributed by atoms with Gasteiger partial charge in [-0.3, -0.25) is 4.79 Å². The normalized spacial score (nSPS) is 19.3. The van der Waals surface area contributed by atoms with E-state index in [2.05, 4.69) is 15.3 Å². The van der Waals surface area contributed by atoms with E-state index >= 15 is 0 Å². The summed E-state index contributed by atoms with van der Waals surface area (Å²) in [6.45, 7) is 1.81. The van der Waals surface area contributed by atoms with E-state index in [0.29, 0.717) is 37.9 Å². The lowest BCUT2D eigenvalue weighted by Crippen LogP contribution is -2.31. The summed E-state index contributed by atoms with van der Waals surface area (Å²) >= 11 is 1.22. The van der Waals surface area contributed by atoms with Gasteiger partial charge in [0, 0.05) is 12.1 Å². The van der Waals surface area contributed by atoms with Crippen LogP contribution in [0.4, 0.5) is 15.9 Å². The highest BCUT2D eigenvalue weighted by Crippen LogP contribution is 2.37. The highest BCUT2D eigenvalue weighted by atomic mass is 32.1. The molecule has 1 saturated carbocycles. The van der Waals surface area contributed by atoms with Gasteiger partial charge < -0.3 is 21.5 Å². The van der Waals surface area contributed by atoms with Crippen LogP contribution in [0.2, 0.25) is 0 Å². The molecule has 1 amide bonds. The summed E-state index contributed by atoms with van der Waals surface area (Å²) in [5.74, 6) is 0.0463. The number of hydrogen-bond donors (Lipinski definition) is 3. The molecule has 3 aromatic rings. The first-order valence-electron chi connectivity index (χ1n) is 9.45. The molecule has 1 aliphatic carbocycles. The van der Waals surface area contributed by atoms with Crippen molar-refractivity contribution in [2.24, 2.45) is 11.5 Å². The number of rotatable bonds is 5. The summed E-state index contributed by atoms with van der Waals surface area (Å²) in [6.07, 6.45) is 4.85. The zero-order valence-electron chi connectivity index (χ0n) is 15.9. The quantitative estimate of drug-likeness (QED) is 0.586. The number of thiophene rings is 1. The maximum atomic E-state index is 13.9. The van der Waals surface area contributed by atoms with Gasteiger partial charge in [-0.1, -0.05) is 0 Å². The van der Waals surface area contributed by atoms with E-state index < -0.39 is 5.91 Å². The van der Waals surface area contributed by atoms with Crippen molar-refractivity contribution in [3.8, 4) is 5.75 Å². The number of nitrogens with zero attached hydrogens (tertiary/aromatic N) is 2. The average molecular weight is 415 g/mol. The summed E-state index contributed by atoms with van der Waals surface area (Å²) < 4.78 is 20.0. The molecule has 0 bridgehead atoms. The molecule has 0 spiro atoms. The minimum absolute atomic E-state index is 0.00749. The van der Waals surface area contributed by atoms with Gasteiger partial charge in [0.15, 0.2) is 0 Å². The van der Waals surface area contributed by atoms with Crippen molar-refractivity contribution in [1.82, 2.24) is 9.97 Å². The van der Waals surface area contributed by atoms with Crippen LogP contribution < -0.4 is 21.5 Å². The molecule has 0 unspecified atom stereocenters. The minimum atomic E-state index is -0.502. The zero-order valence-corrected chi connectivity index (χ0v) is 16.8. The summed E-state index contributed by atoms with van der Waals surface area (Å²) in [5, 5.41) is 3.93. The van der Waals surface area contributed by atoms with Gasteiger partial charge in [-0.15, -0.1) is 11.3 Å². The number of aryl methyl sites for hydroxylation is 1. The van der Waals surface area contributed by atoms with E-state index in [9.17, 15) is 9.18 Å². The highest BCUT2D eigenvalue weighted by Gasteiger charge is 2.22. The molecule has 4 rings (SSSR count). The number of fused-ring (bicyclic) bond motifs is 1. The molecule has 1 aromatic carbocycles. The number of primary amides is 1. The lowest BCUT2D eigenvalue weighted by atomic mass is 9.94. The van der Waals surface area contributed by atoms with E-state index in [1.165, 1.54) is 29.8 Å². The average Bonchev–Trinajstić information content (AvgIpc) is 3.04. The fourth-order valence-electron chi connectivity index (χ4n) is 3.61. The molecule has 0 radical (unpaired) electrons. The third-order valence-electron chi connectivity index (χ3n) is 5.16. The Bertz CT molecular complexity index is 1060. The van der Waals surface area contributed by atoms with Gasteiger partial charge in [0.2, 0.25) is 0 Å². The Morgan fingerprint density at radius 3 is 2.76 bits per heavy atom. The fraction of sp³-hybridized carbons (Fsp3) is 0.350. The van der Waals surface area contributed by atoms with Crippen LogP contribution in [-0.4, -0.2) is 28.0 Å². The number of nitrogens with two attached hydrogens (primary N) is 2. The summed E-state index contributed by atoms with van der Waals surface area (Å²) in [5.41, 5.74) is 12.7. The number of nitrogens with one attached hydrogen (secondary N) is 1. The molecular formula is C20H22FN5O2S. The monoisotopic (exact) mass is 415 g/mol. The first kappa shape index (κ1) is 19.5. The van der Waals surface area contributed by atoms with E-state index in [4.69, 9.17) is 16.2 Å². The van der Waals surface area contributed by atoms with Crippen molar-refractivity contribution in [3.05, 3.63) is 40.8 Å². The second kappa shape index (κ2) is 7.92. The molecule has 2 heterocycles. The molecule has 0 saturated heterocycles. The molecule has 152 valence electrons. The second-order valence-corrected chi connectivity index (χ2v) is 8.24. The molecule has 1 aliphatic rings. The maximum absolute atomic E-state index is 13.9. The molecule has 29 heavy (non-hydrogen) atoms. The van der Waals surface area contributed by atoms with Crippen molar-refractivity contribution in [1.29, 1.82) is 0 Å². The van der Waals surface area contributed by atoms with E-state index in [1.54, 1.807) is 13.0 Å². The van der Waals surface area contributed by atoms with Gasteiger partial charge in [-0.2, -0.15) is 0 Å². The molecular weight excluding hydrogens is 393 g/mol. The summed E-state index contributed by atoms with van der Waals surface area (Å²) in [7, 11) is 0. The third kappa shape index (κ3) is 4.01. The Hall–Kier alpha value is -2.78. The van der Waals surface area contributed by atoms with Crippen LogP contribution in [0.1, 0.15) is 40.9 Å². The van der Waals surface area contributed by atoms with Crippen LogP contribution >= 0.6 is 11.3 Å². The number of benzene rings is 1. The van der Waals surface area contributed by atoms with Crippen LogP contribution in [0.25, 0.3) is 10.2 Å². The Kier molecular flexibility index (Phi) is 5.33. The second-order valence-electron chi connectivity index (χ2n) is 7.24. The molecule has 2 aromatic heterocycles. The Labute approximate surface area is 171 Å². The number of aromatic nitrogens is 2. The number of carbonyl (C=O) groups excluding carboxylic acids is 1. The van der Waals surface area contributed by atoms with Gasteiger partial charge in [0.05, 0.1) is 22.1 Å². The number of halogens is 1. The SMILES string of the molecule is Cc1c(C(N)=O)sc2ncnc(Nc3ccc(F)cc3OC3CCC(N)CC3)c12. The Morgan fingerprint density at radius 2 is 2.03 bits per heavy atom. The first-order valence-corrected chi connectivity index (χ1v) is 10.3. The van der Waals surface area contributed by atoms with Crippen molar-refractivity contribution in [2.75, 3.05) is 5.32 Å². The van der Waals surface area contributed by atoms with Crippen molar-refractivity contribution in [3.63, 3.8) is 0 Å². The summed E-state index contributed by atoms with van der Waals surface area (Å²) in [4.78, 5) is 21.3. The van der Waals surface area contributed by atoms with Gasteiger partial charge in [0.1, 0.15) is 28.5 Å².